The molecule has 0 aliphatic heterocycles. The molecule has 0 heterocycles. The minimum absolute atomic E-state index is 0.0733. The van der Waals surface area contributed by atoms with Crippen molar-refractivity contribution in [2.75, 3.05) is 19.8 Å². The molecule has 4 heteroatoms. The monoisotopic (exact) mass is 273 g/mol. The van der Waals surface area contributed by atoms with Crippen molar-refractivity contribution in [3.05, 3.63) is 0 Å². The van der Waals surface area contributed by atoms with Gasteiger partial charge >= 0.3 is 6.09 Å². The first-order valence-corrected chi connectivity index (χ1v) is 7.82. The summed E-state index contributed by atoms with van der Waals surface area (Å²) in [5.74, 6) is 0. The summed E-state index contributed by atoms with van der Waals surface area (Å²) < 4.78 is 4.68. The van der Waals surface area contributed by atoms with E-state index in [1.807, 2.05) is 0 Å². The fraction of sp³-hybridized carbons (Fsp3) is 0.933. The van der Waals surface area contributed by atoms with Crippen molar-refractivity contribution >= 4 is 6.09 Å². The highest BCUT2D eigenvalue weighted by molar-refractivity contribution is 5.66. The molecule has 0 atom stereocenters. The van der Waals surface area contributed by atoms with E-state index in [2.05, 4.69) is 17.0 Å². The lowest BCUT2D eigenvalue weighted by Gasteiger charge is -2.05. The third-order valence-electron chi connectivity index (χ3n) is 3.12. The van der Waals surface area contributed by atoms with E-state index in [9.17, 15) is 4.79 Å². The molecule has 0 fully saturated rings. The topological polar surface area (TPSA) is 58.6 Å². The average Bonchev–Trinajstić information content (AvgIpc) is 2.42. The Kier molecular flexibility index (Phi) is 14.7. The van der Waals surface area contributed by atoms with Gasteiger partial charge in [0.2, 0.25) is 0 Å². The van der Waals surface area contributed by atoms with E-state index in [0.29, 0.717) is 6.54 Å². The van der Waals surface area contributed by atoms with Crippen molar-refractivity contribution in [3.63, 3.8) is 0 Å². The van der Waals surface area contributed by atoms with Crippen LogP contribution < -0.4 is 5.32 Å². The standard InChI is InChI=1S/C15H31NO3/c1-2-3-4-5-6-7-8-9-10-11-12-16-15(18)19-14-13-17/h17H,2-14H2,1H3,(H,16,18). The van der Waals surface area contributed by atoms with Crippen molar-refractivity contribution in [1.82, 2.24) is 5.32 Å². The molecule has 2 N–H and O–H groups in total. The fourth-order valence-electron chi connectivity index (χ4n) is 1.99. The van der Waals surface area contributed by atoms with Crippen LogP contribution >= 0.6 is 0 Å². The number of alkyl carbamates (subject to hydrolysis) is 1. The Balaban J connectivity index is 3.04. The van der Waals surface area contributed by atoms with Gasteiger partial charge in [-0.15, -0.1) is 0 Å². The van der Waals surface area contributed by atoms with E-state index in [0.717, 1.165) is 12.8 Å². The van der Waals surface area contributed by atoms with Crippen molar-refractivity contribution in [1.29, 1.82) is 0 Å². The van der Waals surface area contributed by atoms with Gasteiger partial charge in [0.1, 0.15) is 6.61 Å². The van der Waals surface area contributed by atoms with Crippen molar-refractivity contribution in [3.8, 4) is 0 Å². The number of nitrogens with one attached hydrogen (secondary N) is 1. The second kappa shape index (κ2) is 15.3. The van der Waals surface area contributed by atoms with Gasteiger partial charge < -0.3 is 15.2 Å². The molecule has 0 aromatic carbocycles. The predicted molar refractivity (Wildman–Crippen MR) is 78.3 cm³/mol. The van der Waals surface area contributed by atoms with Crippen LogP contribution in [-0.2, 0) is 4.74 Å². The number of amides is 1. The number of hydrogen-bond donors (Lipinski definition) is 2. The van der Waals surface area contributed by atoms with Crippen molar-refractivity contribution in [2.24, 2.45) is 0 Å². The van der Waals surface area contributed by atoms with Crippen LogP contribution in [0.25, 0.3) is 0 Å². The minimum atomic E-state index is -0.426. The summed E-state index contributed by atoms with van der Waals surface area (Å²) in [6.45, 7) is 2.87. The molecule has 114 valence electrons. The zero-order valence-electron chi connectivity index (χ0n) is 12.5. The molecule has 0 aromatic heterocycles. The number of unbranched alkanes of at least 4 members (excludes halogenated alkanes) is 9. The highest BCUT2D eigenvalue weighted by Gasteiger charge is 1.99. The second-order valence-electron chi connectivity index (χ2n) is 4.97. The van der Waals surface area contributed by atoms with Crippen LogP contribution in [0.15, 0.2) is 0 Å². The van der Waals surface area contributed by atoms with Crippen LogP contribution in [0.3, 0.4) is 0 Å². The molecule has 0 saturated heterocycles. The summed E-state index contributed by atoms with van der Waals surface area (Å²) >= 11 is 0. The smallest absolute Gasteiger partial charge is 0.407 e. The molecule has 0 radical (unpaired) electrons. The summed E-state index contributed by atoms with van der Waals surface area (Å²) in [5.41, 5.74) is 0. The number of rotatable bonds is 13. The van der Waals surface area contributed by atoms with E-state index >= 15 is 0 Å². The van der Waals surface area contributed by atoms with E-state index in [1.54, 1.807) is 0 Å². The molecule has 0 aromatic rings. The van der Waals surface area contributed by atoms with Gasteiger partial charge in [0.05, 0.1) is 6.61 Å². The van der Waals surface area contributed by atoms with Crippen LogP contribution in [0.2, 0.25) is 0 Å². The van der Waals surface area contributed by atoms with Crippen LogP contribution in [-0.4, -0.2) is 31.0 Å². The van der Waals surface area contributed by atoms with Gasteiger partial charge in [0.25, 0.3) is 0 Å². The second-order valence-corrected chi connectivity index (χ2v) is 4.97. The van der Waals surface area contributed by atoms with Crippen LogP contribution in [0, 0.1) is 0 Å². The number of carbonyl (C=O) groups is 1. The van der Waals surface area contributed by atoms with E-state index < -0.39 is 6.09 Å². The first-order valence-electron chi connectivity index (χ1n) is 7.82. The fourth-order valence-corrected chi connectivity index (χ4v) is 1.99. The Morgan fingerprint density at radius 1 is 0.947 bits per heavy atom. The van der Waals surface area contributed by atoms with Gasteiger partial charge in [-0.3, -0.25) is 0 Å². The summed E-state index contributed by atoms with van der Waals surface area (Å²) in [4.78, 5) is 11.0. The van der Waals surface area contributed by atoms with E-state index in [-0.39, 0.29) is 13.2 Å². The number of carbonyl (C=O) groups excluding carboxylic acids is 1. The summed E-state index contributed by atoms with van der Waals surface area (Å²) in [6, 6.07) is 0. The van der Waals surface area contributed by atoms with Crippen LogP contribution in [0.1, 0.15) is 71.1 Å². The lowest BCUT2D eigenvalue weighted by Crippen LogP contribution is -2.26. The highest BCUT2D eigenvalue weighted by Crippen LogP contribution is 2.10. The molecule has 0 aliphatic rings. The molecular weight excluding hydrogens is 242 g/mol. The van der Waals surface area contributed by atoms with Crippen molar-refractivity contribution in [2.45, 2.75) is 71.1 Å². The number of aliphatic hydroxyl groups is 1. The molecule has 0 saturated carbocycles. The lowest BCUT2D eigenvalue weighted by molar-refractivity contribution is 0.119. The first-order chi connectivity index (χ1) is 9.31. The number of hydrogen-bond acceptors (Lipinski definition) is 3. The SMILES string of the molecule is CCCCCCCCCCCCNC(=O)OCCO. The zero-order valence-corrected chi connectivity index (χ0v) is 12.5. The van der Waals surface area contributed by atoms with Gasteiger partial charge in [-0.1, -0.05) is 64.7 Å². The lowest BCUT2D eigenvalue weighted by atomic mass is 10.1. The minimum Gasteiger partial charge on any atom is -0.447 e. The molecule has 0 spiro atoms. The molecule has 0 unspecified atom stereocenters. The Hall–Kier alpha value is -0.770. The van der Waals surface area contributed by atoms with Gasteiger partial charge in [0, 0.05) is 6.54 Å². The number of ether oxygens (including phenoxy) is 1. The molecule has 4 nitrogen and oxygen atoms in total. The number of aliphatic hydroxyl groups excluding tert-OH is 1. The largest absolute Gasteiger partial charge is 0.447 e. The maximum Gasteiger partial charge on any atom is 0.407 e. The van der Waals surface area contributed by atoms with E-state index in [4.69, 9.17) is 5.11 Å². The van der Waals surface area contributed by atoms with Gasteiger partial charge in [-0.05, 0) is 6.42 Å². The quantitative estimate of drug-likeness (QED) is 0.504. The van der Waals surface area contributed by atoms with Gasteiger partial charge in [-0.2, -0.15) is 0 Å². The van der Waals surface area contributed by atoms with Crippen LogP contribution in [0.5, 0.6) is 0 Å². The average molecular weight is 273 g/mol. The Labute approximate surface area is 117 Å². The maximum atomic E-state index is 11.0. The van der Waals surface area contributed by atoms with Crippen molar-refractivity contribution < 1.29 is 14.6 Å². The molecule has 0 bridgehead atoms. The molecule has 19 heavy (non-hydrogen) atoms. The molecule has 0 aliphatic carbocycles. The maximum absolute atomic E-state index is 11.0. The van der Waals surface area contributed by atoms with Gasteiger partial charge in [-0.25, -0.2) is 4.79 Å². The van der Waals surface area contributed by atoms with Crippen LogP contribution in [0.4, 0.5) is 4.79 Å². The third-order valence-corrected chi connectivity index (χ3v) is 3.12. The van der Waals surface area contributed by atoms with E-state index in [1.165, 1.54) is 51.4 Å². The Morgan fingerprint density at radius 3 is 2.00 bits per heavy atom. The summed E-state index contributed by atoms with van der Waals surface area (Å²) in [6.07, 6.45) is 12.5. The highest BCUT2D eigenvalue weighted by atomic mass is 16.6. The Bertz CT molecular complexity index is 198. The summed E-state index contributed by atoms with van der Waals surface area (Å²) in [5, 5.41) is 11.1. The summed E-state index contributed by atoms with van der Waals surface area (Å²) in [7, 11) is 0. The molecule has 0 rings (SSSR count). The first kappa shape index (κ1) is 18.2. The molecule has 1 amide bonds. The Morgan fingerprint density at radius 2 is 1.47 bits per heavy atom. The molecular formula is C15H31NO3. The predicted octanol–water partition coefficient (Wildman–Crippen LogP) is 3.63. The third kappa shape index (κ3) is 15.2. The van der Waals surface area contributed by atoms with Gasteiger partial charge in [0.15, 0.2) is 0 Å². The normalized spacial score (nSPS) is 10.4. The zero-order chi connectivity index (χ0) is 14.2.